The number of halogens is 4. The van der Waals surface area contributed by atoms with Crippen LogP contribution in [0.15, 0.2) is 18.2 Å². The van der Waals surface area contributed by atoms with Crippen LogP contribution in [0.25, 0.3) is 0 Å². The van der Waals surface area contributed by atoms with Crippen molar-refractivity contribution in [2.75, 3.05) is 0 Å². The lowest BCUT2D eigenvalue weighted by atomic mass is 9.97. The molecule has 0 saturated heterocycles. The molecule has 0 aliphatic rings. The maximum Gasteiger partial charge on any atom is 0.417 e. The van der Waals surface area contributed by atoms with Crippen LogP contribution in [0.2, 0.25) is 0 Å². The van der Waals surface area contributed by atoms with E-state index in [1.54, 1.807) is 13.8 Å². The summed E-state index contributed by atoms with van der Waals surface area (Å²) in [7, 11) is 0. The fourth-order valence-corrected chi connectivity index (χ4v) is 1.48. The number of hydrogen-bond acceptors (Lipinski definition) is 1. The van der Waals surface area contributed by atoms with Crippen LogP contribution < -0.4 is 0 Å². The molecule has 0 aliphatic carbocycles. The lowest BCUT2D eigenvalue weighted by Crippen LogP contribution is -2.14. The van der Waals surface area contributed by atoms with Crippen molar-refractivity contribution in [3.05, 3.63) is 35.1 Å². The van der Waals surface area contributed by atoms with Crippen molar-refractivity contribution in [2.24, 2.45) is 5.92 Å². The van der Waals surface area contributed by atoms with Gasteiger partial charge in [-0.15, -0.1) is 0 Å². The highest BCUT2D eigenvalue weighted by Gasteiger charge is 2.35. The average Bonchev–Trinajstić information content (AvgIpc) is 2.14. The topological polar surface area (TPSA) is 17.1 Å². The fraction of sp³-hybridized carbons (Fsp3) is 0.417. The molecule has 5 heteroatoms. The number of Topliss-reactive ketones (excluding diaryl/α,β-unsaturated/α-hetero) is 1. The first kappa shape index (κ1) is 13.7. The van der Waals surface area contributed by atoms with Gasteiger partial charge in [-0.25, -0.2) is 4.39 Å². The molecule has 0 amide bonds. The van der Waals surface area contributed by atoms with E-state index < -0.39 is 28.9 Å². The van der Waals surface area contributed by atoms with Gasteiger partial charge in [0.2, 0.25) is 0 Å². The highest BCUT2D eigenvalue weighted by Crippen LogP contribution is 2.33. The number of carbonyl (C=O) groups is 1. The van der Waals surface area contributed by atoms with Crippen LogP contribution in [0.3, 0.4) is 0 Å². The minimum Gasteiger partial charge on any atom is -0.294 e. The second kappa shape index (κ2) is 4.85. The summed E-state index contributed by atoms with van der Waals surface area (Å²) in [5.74, 6) is -1.61. The standard InChI is InChI=1S/C12H12F4O/c1-7(2)5-11(17)9-6-8(13)3-4-10(9)12(14,15)16/h3-4,6-7H,5H2,1-2H3. The Labute approximate surface area is 96.4 Å². The van der Waals surface area contributed by atoms with Gasteiger partial charge in [-0.3, -0.25) is 4.79 Å². The van der Waals surface area contributed by atoms with Crippen molar-refractivity contribution in [1.82, 2.24) is 0 Å². The number of ketones is 1. The van der Waals surface area contributed by atoms with Gasteiger partial charge < -0.3 is 0 Å². The van der Waals surface area contributed by atoms with Crippen molar-refractivity contribution in [1.29, 1.82) is 0 Å². The summed E-state index contributed by atoms with van der Waals surface area (Å²) in [4.78, 5) is 11.6. The lowest BCUT2D eigenvalue weighted by Gasteiger charge is -2.12. The molecular weight excluding hydrogens is 236 g/mol. The highest BCUT2D eigenvalue weighted by atomic mass is 19.4. The van der Waals surface area contributed by atoms with Crippen LogP contribution in [0.4, 0.5) is 17.6 Å². The van der Waals surface area contributed by atoms with E-state index in [0.29, 0.717) is 18.2 Å². The van der Waals surface area contributed by atoms with Crippen molar-refractivity contribution in [3.8, 4) is 0 Å². The smallest absolute Gasteiger partial charge is 0.294 e. The van der Waals surface area contributed by atoms with Crippen molar-refractivity contribution in [2.45, 2.75) is 26.4 Å². The number of carbonyl (C=O) groups excluding carboxylic acids is 1. The zero-order chi connectivity index (χ0) is 13.2. The molecule has 1 nitrogen and oxygen atoms in total. The van der Waals surface area contributed by atoms with Crippen LogP contribution in [-0.4, -0.2) is 5.78 Å². The summed E-state index contributed by atoms with van der Waals surface area (Å²) in [6.07, 6.45) is -4.68. The van der Waals surface area contributed by atoms with Crippen molar-refractivity contribution < 1.29 is 22.4 Å². The predicted molar refractivity (Wildman–Crippen MR) is 55.2 cm³/mol. The van der Waals surface area contributed by atoms with E-state index in [9.17, 15) is 22.4 Å². The molecule has 0 fully saturated rings. The van der Waals surface area contributed by atoms with Gasteiger partial charge in [0.05, 0.1) is 5.56 Å². The summed E-state index contributed by atoms with van der Waals surface area (Å²) < 4.78 is 50.7. The maximum atomic E-state index is 12.9. The molecule has 0 aliphatic heterocycles. The van der Waals surface area contributed by atoms with Gasteiger partial charge in [0.1, 0.15) is 5.82 Å². The van der Waals surface area contributed by atoms with Gasteiger partial charge in [0.15, 0.2) is 5.78 Å². The lowest BCUT2D eigenvalue weighted by molar-refractivity contribution is -0.137. The van der Waals surface area contributed by atoms with Crippen LogP contribution in [-0.2, 0) is 6.18 Å². The predicted octanol–water partition coefficient (Wildman–Crippen LogP) is 4.07. The van der Waals surface area contributed by atoms with Gasteiger partial charge in [-0.05, 0) is 24.1 Å². The van der Waals surface area contributed by atoms with Gasteiger partial charge in [-0.2, -0.15) is 13.2 Å². The molecule has 0 radical (unpaired) electrons. The van der Waals surface area contributed by atoms with E-state index >= 15 is 0 Å². The second-order valence-electron chi connectivity index (χ2n) is 4.21. The van der Waals surface area contributed by atoms with E-state index in [1.165, 1.54) is 0 Å². The quantitative estimate of drug-likeness (QED) is 0.582. The first-order chi connectivity index (χ1) is 7.71. The Morgan fingerprint density at radius 2 is 1.88 bits per heavy atom. The van der Waals surface area contributed by atoms with E-state index in [0.717, 1.165) is 0 Å². The molecule has 0 spiro atoms. The Hall–Kier alpha value is -1.39. The summed E-state index contributed by atoms with van der Waals surface area (Å²) >= 11 is 0. The summed E-state index contributed by atoms with van der Waals surface area (Å²) in [5, 5.41) is 0. The van der Waals surface area contributed by atoms with Gasteiger partial charge in [0.25, 0.3) is 0 Å². The number of hydrogen-bond donors (Lipinski definition) is 0. The van der Waals surface area contributed by atoms with Gasteiger partial charge in [-0.1, -0.05) is 13.8 Å². The normalized spacial score (nSPS) is 11.9. The molecule has 0 atom stereocenters. The zero-order valence-corrected chi connectivity index (χ0v) is 9.44. The third-order valence-electron chi connectivity index (χ3n) is 2.18. The molecule has 1 aromatic carbocycles. The van der Waals surface area contributed by atoms with Gasteiger partial charge >= 0.3 is 6.18 Å². The molecule has 1 rings (SSSR count). The van der Waals surface area contributed by atoms with Crippen LogP contribution in [0, 0.1) is 11.7 Å². The molecule has 0 saturated carbocycles. The summed E-state index contributed by atoms with van der Waals surface area (Å²) in [5.41, 5.74) is -1.67. The third-order valence-corrected chi connectivity index (χ3v) is 2.18. The van der Waals surface area contributed by atoms with Crippen molar-refractivity contribution in [3.63, 3.8) is 0 Å². The Kier molecular flexibility index (Phi) is 3.91. The van der Waals surface area contributed by atoms with E-state index in [-0.39, 0.29) is 12.3 Å². The maximum absolute atomic E-state index is 12.9. The molecule has 0 heterocycles. The molecule has 1 aromatic rings. The average molecular weight is 248 g/mol. The summed E-state index contributed by atoms with van der Waals surface area (Å²) in [6, 6.07) is 1.95. The second-order valence-corrected chi connectivity index (χ2v) is 4.21. The first-order valence-corrected chi connectivity index (χ1v) is 5.11. The van der Waals surface area contributed by atoms with Crippen LogP contribution in [0.1, 0.15) is 36.2 Å². The first-order valence-electron chi connectivity index (χ1n) is 5.11. The van der Waals surface area contributed by atoms with E-state index in [2.05, 4.69) is 0 Å². The fourth-order valence-electron chi connectivity index (χ4n) is 1.48. The zero-order valence-electron chi connectivity index (χ0n) is 9.44. The Morgan fingerprint density at radius 3 is 2.35 bits per heavy atom. The molecule has 94 valence electrons. The molecule has 0 aromatic heterocycles. The monoisotopic (exact) mass is 248 g/mol. The van der Waals surface area contributed by atoms with E-state index in [1.807, 2.05) is 0 Å². The molecule has 0 N–H and O–H groups in total. The number of benzene rings is 1. The number of alkyl halides is 3. The molecule has 17 heavy (non-hydrogen) atoms. The van der Waals surface area contributed by atoms with E-state index in [4.69, 9.17) is 0 Å². The Morgan fingerprint density at radius 1 is 1.29 bits per heavy atom. The summed E-state index contributed by atoms with van der Waals surface area (Å²) in [6.45, 7) is 3.43. The molecule has 0 bridgehead atoms. The number of rotatable bonds is 3. The third kappa shape index (κ3) is 3.54. The molecular formula is C12H12F4O. The largest absolute Gasteiger partial charge is 0.417 e. The van der Waals surface area contributed by atoms with Gasteiger partial charge in [0, 0.05) is 12.0 Å². The Bertz CT molecular complexity index is 421. The molecule has 0 unspecified atom stereocenters. The SMILES string of the molecule is CC(C)CC(=O)c1cc(F)ccc1C(F)(F)F. The minimum absolute atomic E-state index is 0.0352. The van der Waals surface area contributed by atoms with Crippen molar-refractivity contribution >= 4 is 5.78 Å². The highest BCUT2D eigenvalue weighted by molar-refractivity contribution is 5.97. The minimum atomic E-state index is -4.64. The van der Waals surface area contributed by atoms with Crippen LogP contribution >= 0.6 is 0 Å². The Balaban J connectivity index is 3.21. The van der Waals surface area contributed by atoms with Crippen LogP contribution in [0.5, 0.6) is 0 Å².